The number of aromatic nitrogens is 3. The molecule has 6 rings (SSSR count). The molecule has 0 spiro atoms. The zero-order valence-corrected chi connectivity index (χ0v) is 25.8. The van der Waals surface area contributed by atoms with Gasteiger partial charge in [-0.15, -0.1) is 0 Å². The molecule has 2 aromatic heterocycles. The summed E-state index contributed by atoms with van der Waals surface area (Å²) < 4.78 is 37.9. The van der Waals surface area contributed by atoms with Crippen molar-refractivity contribution in [2.75, 3.05) is 49.1 Å². The van der Waals surface area contributed by atoms with E-state index in [1.165, 1.54) is 16.0 Å². The molecular formula is C31H35F2N9O4. The number of cyclic esters (lactones) is 1. The molecule has 242 valence electrons. The zero-order chi connectivity index (χ0) is 32.5. The van der Waals surface area contributed by atoms with Gasteiger partial charge in [-0.1, -0.05) is 12.5 Å². The maximum Gasteiger partial charge on any atom is 0.414 e. The highest BCUT2D eigenvalue weighted by Crippen LogP contribution is 2.32. The third kappa shape index (κ3) is 6.34. The summed E-state index contributed by atoms with van der Waals surface area (Å²) in [4.78, 5) is 51.0. The maximum absolute atomic E-state index is 15.4. The number of halogens is 2. The van der Waals surface area contributed by atoms with Crippen LogP contribution in [-0.4, -0.2) is 99.8 Å². The first-order valence-corrected chi connectivity index (χ1v) is 15.2. The van der Waals surface area contributed by atoms with Gasteiger partial charge < -0.3 is 19.9 Å². The molecular weight excluding hydrogens is 600 g/mol. The van der Waals surface area contributed by atoms with Gasteiger partial charge in [0.1, 0.15) is 23.5 Å². The Bertz CT molecular complexity index is 1660. The molecule has 3 aliphatic heterocycles. The van der Waals surface area contributed by atoms with E-state index in [1.807, 2.05) is 19.3 Å². The number of anilines is 2. The minimum absolute atomic E-state index is 0.0609. The van der Waals surface area contributed by atoms with E-state index in [-0.39, 0.29) is 55.7 Å². The van der Waals surface area contributed by atoms with Crippen molar-refractivity contribution in [2.24, 2.45) is 11.0 Å². The van der Waals surface area contributed by atoms with Gasteiger partial charge in [-0.3, -0.25) is 23.9 Å². The van der Waals surface area contributed by atoms with Gasteiger partial charge in [0.05, 0.1) is 18.8 Å². The molecule has 3 aromatic rings. The van der Waals surface area contributed by atoms with Gasteiger partial charge in [-0.05, 0) is 32.3 Å². The minimum atomic E-state index is -0.844. The van der Waals surface area contributed by atoms with Crippen LogP contribution in [0.15, 0.2) is 53.7 Å². The van der Waals surface area contributed by atoms with Gasteiger partial charge >= 0.3 is 6.09 Å². The molecule has 0 saturated carbocycles. The molecule has 2 fully saturated rings. The van der Waals surface area contributed by atoms with E-state index in [4.69, 9.17) is 4.74 Å². The van der Waals surface area contributed by atoms with E-state index in [9.17, 15) is 14.4 Å². The van der Waals surface area contributed by atoms with Crippen LogP contribution in [-0.2, 0) is 9.53 Å². The Balaban J connectivity index is 1.04. The van der Waals surface area contributed by atoms with E-state index < -0.39 is 35.8 Å². The van der Waals surface area contributed by atoms with Gasteiger partial charge in [0.15, 0.2) is 11.6 Å². The Labute approximate surface area is 264 Å². The number of piperazine rings is 1. The lowest BCUT2D eigenvalue weighted by molar-refractivity contribution is -0.133. The number of fused-ring (bicyclic) bond motifs is 1. The molecule has 3 unspecified atom stereocenters. The molecule has 3 amide bonds. The Morgan fingerprint density at radius 2 is 1.89 bits per heavy atom. The van der Waals surface area contributed by atoms with Crippen LogP contribution in [0.1, 0.15) is 37.7 Å². The maximum atomic E-state index is 15.4. The minimum Gasteiger partial charge on any atom is -0.442 e. The van der Waals surface area contributed by atoms with E-state index in [0.717, 1.165) is 24.1 Å². The van der Waals surface area contributed by atoms with Crippen LogP contribution in [0.3, 0.4) is 0 Å². The Hall–Kier alpha value is -5.08. The van der Waals surface area contributed by atoms with Gasteiger partial charge in [-0.25, -0.2) is 23.5 Å². The first-order chi connectivity index (χ1) is 22.1. The van der Waals surface area contributed by atoms with Crippen molar-refractivity contribution >= 4 is 41.3 Å². The van der Waals surface area contributed by atoms with Gasteiger partial charge in [0.25, 0.3) is 5.91 Å². The largest absolute Gasteiger partial charge is 0.442 e. The fraction of sp³-hybridized carbons (Fsp3) is 0.419. The summed E-state index contributed by atoms with van der Waals surface area (Å²) in [5, 5.41) is 8.80. The SMILES string of the molecule is CC1=CN(CC2CN(c3cc(F)c(N4CCN(C(=O)C(C)NC(=O)c5cn6cccnc6n5)CC4)c(F)c3)C(=O)O2)N=CCC1C. The third-order valence-electron chi connectivity index (χ3n) is 8.49. The van der Waals surface area contributed by atoms with Gasteiger partial charge in [0, 0.05) is 69.3 Å². The first-order valence-electron chi connectivity index (χ1n) is 15.2. The van der Waals surface area contributed by atoms with E-state index in [2.05, 4.69) is 27.3 Å². The second-order valence-corrected chi connectivity index (χ2v) is 11.8. The number of hydrazone groups is 1. The zero-order valence-electron chi connectivity index (χ0n) is 25.8. The first kappa shape index (κ1) is 30.9. The van der Waals surface area contributed by atoms with Gasteiger partial charge in [0.2, 0.25) is 11.7 Å². The molecule has 2 saturated heterocycles. The fourth-order valence-electron chi connectivity index (χ4n) is 5.73. The predicted octanol–water partition coefficient (Wildman–Crippen LogP) is 3.03. The lowest BCUT2D eigenvalue weighted by atomic mass is 10.0. The number of carbonyl (C=O) groups is 3. The molecule has 3 atom stereocenters. The molecule has 3 aliphatic rings. The van der Waals surface area contributed by atoms with Crippen molar-refractivity contribution in [3.8, 4) is 0 Å². The molecule has 13 nitrogen and oxygen atoms in total. The summed E-state index contributed by atoms with van der Waals surface area (Å²) in [6, 6.07) is 3.12. The summed E-state index contributed by atoms with van der Waals surface area (Å²) >= 11 is 0. The fourth-order valence-corrected chi connectivity index (χ4v) is 5.73. The quantitative estimate of drug-likeness (QED) is 0.420. The number of benzene rings is 1. The molecule has 1 aromatic carbocycles. The molecule has 5 heterocycles. The lowest BCUT2D eigenvalue weighted by Crippen LogP contribution is -2.54. The molecule has 1 N–H and O–H groups in total. The number of carbonyl (C=O) groups excluding carboxylic acids is 3. The second-order valence-electron chi connectivity index (χ2n) is 11.8. The molecule has 0 aliphatic carbocycles. The molecule has 0 bridgehead atoms. The Kier molecular flexibility index (Phi) is 8.56. The number of nitrogens with one attached hydrogen (secondary N) is 1. The number of hydrogen-bond acceptors (Lipinski definition) is 9. The number of allylic oxidation sites excluding steroid dienone is 1. The van der Waals surface area contributed by atoms with Crippen molar-refractivity contribution in [1.29, 1.82) is 0 Å². The monoisotopic (exact) mass is 635 g/mol. The van der Waals surface area contributed by atoms with Crippen LogP contribution in [0.5, 0.6) is 0 Å². The summed E-state index contributed by atoms with van der Waals surface area (Å²) in [6.07, 6.45) is 8.13. The van der Waals surface area contributed by atoms with E-state index in [0.29, 0.717) is 18.2 Å². The average molecular weight is 636 g/mol. The highest BCUT2D eigenvalue weighted by molar-refractivity contribution is 5.96. The van der Waals surface area contributed by atoms with Crippen molar-refractivity contribution < 1.29 is 27.9 Å². The summed E-state index contributed by atoms with van der Waals surface area (Å²) in [5.41, 5.74) is 1.12. The normalized spacial score (nSPS) is 20.9. The van der Waals surface area contributed by atoms with Gasteiger partial charge in [-0.2, -0.15) is 5.10 Å². The van der Waals surface area contributed by atoms with Crippen LogP contribution in [0.4, 0.5) is 25.0 Å². The van der Waals surface area contributed by atoms with Crippen molar-refractivity contribution in [3.63, 3.8) is 0 Å². The number of imidazole rings is 1. The standard InChI is InChI=1S/C31H35F2N9O4/c1-19-5-7-35-41(15-20(19)2)16-23-17-42(31(45)46-23)22-13-24(32)27(25(33)14-22)38-9-11-39(12-10-38)29(44)21(3)36-28(43)26-18-40-8-4-6-34-30(40)37-26/h4,6-8,13-15,18-19,21,23H,5,9-12,16-17H2,1-3H3,(H,36,43). The Morgan fingerprint density at radius 3 is 2.61 bits per heavy atom. The smallest absolute Gasteiger partial charge is 0.414 e. The van der Waals surface area contributed by atoms with Crippen LogP contribution in [0.2, 0.25) is 0 Å². The lowest BCUT2D eigenvalue weighted by Gasteiger charge is -2.37. The molecule has 46 heavy (non-hydrogen) atoms. The molecule has 0 radical (unpaired) electrons. The highest BCUT2D eigenvalue weighted by atomic mass is 19.1. The topological polar surface area (TPSA) is 128 Å². The van der Waals surface area contributed by atoms with Crippen molar-refractivity contribution in [3.05, 3.63) is 65.9 Å². The van der Waals surface area contributed by atoms with Crippen LogP contribution in [0.25, 0.3) is 5.78 Å². The van der Waals surface area contributed by atoms with E-state index in [1.54, 1.807) is 39.7 Å². The van der Waals surface area contributed by atoms with Crippen LogP contribution >= 0.6 is 0 Å². The number of hydrogen-bond donors (Lipinski definition) is 1. The number of rotatable bonds is 7. The van der Waals surface area contributed by atoms with Crippen LogP contribution in [0, 0.1) is 17.6 Å². The molecule has 15 heteroatoms. The number of nitrogens with zero attached hydrogens (tertiary/aromatic N) is 8. The third-order valence-corrected chi connectivity index (χ3v) is 8.49. The van der Waals surface area contributed by atoms with E-state index >= 15 is 8.78 Å². The van der Waals surface area contributed by atoms with Crippen molar-refractivity contribution in [1.82, 2.24) is 29.6 Å². The number of ether oxygens (including phenoxy) is 1. The summed E-state index contributed by atoms with van der Waals surface area (Å²) in [6.45, 7) is 6.88. The predicted molar refractivity (Wildman–Crippen MR) is 165 cm³/mol. The number of amides is 3. The van der Waals surface area contributed by atoms with Crippen LogP contribution < -0.4 is 15.1 Å². The van der Waals surface area contributed by atoms with Crippen molar-refractivity contribution in [2.45, 2.75) is 39.3 Å². The summed E-state index contributed by atoms with van der Waals surface area (Å²) in [5.74, 6) is -1.76. The average Bonchev–Trinajstić information content (AvgIpc) is 3.59. The summed E-state index contributed by atoms with van der Waals surface area (Å²) in [7, 11) is 0. The highest BCUT2D eigenvalue weighted by Gasteiger charge is 2.35. The Morgan fingerprint density at radius 1 is 1.15 bits per heavy atom. The second kappa shape index (κ2) is 12.7.